The van der Waals surface area contributed by atoms with Crippen molar-refractivity contribution >= 4 is 45.7 Å². The van der Waals surface area contributed by atoms with E-state index in [-0.39, 0.29) is 17.8 Å². The molecule has 206 valence electrons. The Labute approximate surface area is 239 Å². The molecule has 0 radical (unpaired) electrons. The summed E-state index contributed by atoms with van der Waals surface area (Å²) < 4.78 is 6.39. The lowest BCUT2D eigenvalue weighted by Gasteiger charge is -2.32. The highest BCUT2D eigenvalue weighted by Gasteiger charge is 2.33. The standard InChI is InChI=1S/C34H33N5O2/c1-22(35)38-15-13-28(14-16-38)41-29-11-12-32-30(20-29)31(18-23-5-3-2-4-6-23)34(40)39(32)21-24-7-8-25-9-10-26(33(36)37)19-27(25)17-24/h2-12,17-20,28,35H,13-16,21H2,1H3,(H3,36,37). The number of rotatable bonds is 6. The fraction of sp³-hybridized carbons (Fsp3) is 0.206. The third-order valence-electron chi connectivity index (χ3n) is 7.91. The summed E-state index contributed by atoms with van der Waals surface area (Å²) in [6.07, 6.45) is 3.75. The smallest absolute Gasteiger partial charge is 0.259 e. The number of anilines is 1. The van der Waals surface area contributed by atoms with Crippen LogP contribution in [0.3, 0.4) is 0 Å². The van der Waals surface area contributed by atoms with Gasteiger partial charge in [-0.05, 0) is 65.2 Å². The average molecular weight is 544 g/mol. The number of nitrogens with two attached hydrogens (primary N) is 1. The third kappa shape index (κ3) is 5.43. The molecule has 4 N–H and O–H groups in total. The van der Waals surface area contributed by atoms with Gasteiger partial charge in [0.2, 0.25) is 0 Å². The Kier molecular flexibility index (Phi) is 7.01. The van der Waals surface area contributed by atoms with Gasteiger partial charge < -0.3 is 20.3 Å². The second kappa shape index (κ2) is 10.9. The molecule has 0 aromatic heterocycles. The second-order valence-electron chi connectivity index (χ2n) is 10.7. The fourth-order valence-electron chi connectivity index (χ4n) is 5.67. The molecular formula is C34H33N5O2. The van der Waals surface area contributed by atoms with Gasteiger partial charge >= 0.3 is 0 Å². The molecule has 1 amide bonds. The highest BCUT2D eigenvalue weighted by atomic mass is 16.5. The van der Waals surface area contributed by atoms with Crippen LogP contribution < -0.4 is 15.4 Å². The van der Waals surface area contributed by atoms with Crippen LogP contribution in [0.5, 0.6) is 5.75 Å². The Balaban J connectivity index is 1.32. The van der Waals surface area contributed by atoms with E-state index in [4.69, 9.17) is 21.3 Å². The zero-order chi connectivity index (χ0) is 28.5. The maximum absolute atomic E-state index is 13.9. The molecule has 2 heterocycles. The summed E-state index contributed by atoms with van der Waals surface area (Å²) in [4.78, 5) is 17.8. The number of benzene rings is 4. The first-order chi connectivity index (χ1) is 19.9. The summed E-state index contributed by atoms with van der Waals surface area (Å²) in [6, 6.07) is 27.7. The Morgan fingerprint density at radius 2 is 1.71 bits per heavy atom. The van der Waals surface area contributed by atoms with E-state index in [1.165, 1.54) is 0 Å². The summed E-state index contributed by atoms with van der Waals surface area (Å²) in [5.74, 6) is 1.34. The molecule has 41 heavy (non-hydrogen) atoms. The van der Waals surface area contributed by atoms with Crippen LogP contribution in [0.25, 0.3) is 22.4 Å². The minimum absolute atomic E-state index is 0.0325. The lowest BCUT2D eigenvalue weighted by molar-refractivity contribution is -0.113. The molecule has 0 aliphatic carbocycles. The van der Waals surface area contributed by atoms with Crippen LogP contribution in [0.15, 0.2) is 84.9 Å². The second-order valence-corrected chi connectivity index (χ2v) is 10.7. The van der Waals surface area contributed by atoms with E-state index in [0.29, 0.717) is 23.5 Å². The monoisotopic (exact) mass is 543 g/mol. The van der Waals surface area contributed by atoms with Gasteiger partial charge in [-0.1, -0.05) is 54.6 Å². The van der Waals surface area contributed by atoms with Gasteiger partial charge in [0.05, 0.1) is 18.1 Å². The molecule has 7 nitrogen and oxygen atoms in total. The maximum Gasteiger partial charge on any atom is 0.259 e. The van der Waals surface area contributed by atoms with Crippen LogP contribution in [-0.4, -0.2) is 41.7 Å². The molecule has 1 saturated heterocycles. The summed E-state index contributed by atoms with van der Waals surface area (Å²) >= 11 is 0. The number of nitrogen functional groups attached to an aromatic ring is 1. The van der Waals surface area contributed by atoms with Gasteiger partial charge in [0.1, 0.15) is 17.7 Å². The van der Waals surface area contributed by atoms with Gasteiger partial charge in [-0.15, -0.1) is 0 Å². The van der Waals surface area contributed by atoms with Crippen molar-refractivity contribution in [3.8, 4) is 5.75 Å². The molecule has 2 aliphatic rings. The van der Waals surface area contributed by atoms with Crippen LogP contribution in [0, 0.1) is 10.8 Å². The first kappa shape index (κ1) is 26.3. The molecule has 4 aromatic carbocycles. The van der Waals surface area contributed by atoms with Gasteiger partial charge in [0, 0.05) is 42.6 Å². The minimum atomic E-state index is -0.0478. The maximum atomic E-state index is 13.9. The summed E-state index contributed by atoms with van der Waals surface area (Å²) in [5, 5.41) is 17.7. The molecule has 0 atom stereocenters. The number of fused-ring (bicyclic) bond motifs is 2. The van der Waals surface area contributed by atoms with Crippen molar-refractivity contribution in [3.05, 3.63) is 107 Å². The molecule has 4 aromatic rings. The predicted molar refractivity (Wildman–Crippen MR) is 166 cm³/mol. The molecule has 1 fully saturated rings. The summed E-state index contributed by atoms with van der Waals surface area (Å²) in [6.45, 7) is 3.87. The SMILES string of the molecule is CC(=N)N1CCC(Oc2ccc3c(c2)C(=Cc2ccccc2)C(=O)N3Cc2ccc3ccc(C(=N)N)cc3c2)CC1. The largest absolute Gasteiger partial charge is 0.490 e. The fourth-order valence-corrected chi connectivity index (χ4v) is 5.67. The lowest BCUT2D eigenvalue weighted by Crippen LogP contribution is -2.40. The molecule has 0 saturated carbocycles. The van der Waals surface area contributed by atoms with E-state index in [9.17, 15) is 4.79 Å². The Morgan fingerprint density at radius 3 is 2.44 bits per heavy atom. The molecular weight excluding hydrogens is 510 g/mol. The van der Waals surface area contributed by atoms with Crippen molar-refractivity contribution in [3.63, 3.8) is 0 Å². The average Bonchev–Trinajstić information content (AvgIpc) is 3.23. The van der Waals surface area contributed by atoms with Crippen molar-refractivity contribution in [1.82, 2.24) is 4.90 Å². The molecule has 0 spiro atoms. The molecule has 2 aliphatic heterocycles. The van der Waals surface area contributed by atoms with E-state index >= 15 is 0 Å². The highest BCUT2D eigenvalue weighted by Crippen LogP contribution is 2.41. The number of amides is 1. The van der Waals surface area contributed by atoms with Gasteiger partial charge in [-0.3, -0.25) is 15.6 Å². The lowest BCUT2D eigenvalue weighted by atomic mass is 10.0. The molecule has 6 rings (SSSR count). The third-order valence-corrected chi connectivity index (χ3v) is 7.91. The van der Waals surface area contributed by atoms with E-state index in [1.54, 1.807) is 0 Å². The number of ether oxygens (including phenoxy) is 1. The van der Waals surface area contributed by atoms with Crippen molar-refractivity contribution in [2.45, 2.75) is 32.4 Å². The number of nitrogens with one attached hydrogen (secondary N) is 2. The molecule has 0 bridgehead atoms. The Morgan fingerprint density at radius 1 is 0.951 bits per heavy atom. The number of likely N-dealkylation sites (tertiary alicyclic amines) is 1. The predicted octanol–water partition coefficient (Wildman–Crippen LogP) is 6.05. The number of hydrogen-bond donors (Lipinski definition) is 3. The van der Waals surface area contributed by atoms with Crippen LogP contribution in [0.4, 0.5) is 5.69 Å². The zero-order valence-electron chi connectivity index (χ0n) is 23.1. The van der Waals surface area contributed by atoms with Crippen LogP contribution in [-0.2, 0) is 11.3 Å². The number of nitrogens with zero attached hydrogens (tertiary/aromatic N) is 2. The van der Waals surface area contributed by atoms with E-state index < -0.39 is 0 Å². The number of piperidine rings is 1. The first-order valence-electron chi connectivity index (χ1n) is 13.9. The van der Waals surface area contributed by atoms with Crippen molar-refractivity contribution in [2.24, 2.45) is 5.73 Å². The first-order valence-corrected chi connectivity index (χ1v) is 13.9. The highest BCUT2D eigenvalue weighted by molar-refractivity contribution is 6.35. The summed E-state index contributed by atoms with van der Waals surface area (Å²) in [7, 11) is 0. The Bertz CT molecular complexity index is 1690. The normalized spacial score (nSPS) is 16.3. The van der Waals surface area contributed by atoms with E-state index in [2.05, 4.69) is 11.0 Å². The number of carbonyl (C=O) groups excluding carboxylic acids is 1. The quantitative estimate of drug-likeness (QED) is 0.156. The van der Waals surface area contributed by atoms with Gasteiger partial charge in [0.15, 0.2) is 0 Å². The number of carbonyl (C=O) groups is 1. The van der Waals surface area contributed by atoms with Gasteiger partial charge in [0.25, 0.3) is 5.91 Å². The minimum Gasteiger partial charge on any atom is -0.490 e. The molecule has 7 heteroatoms. The van der Waals surface area contributed by atoms with Crippen LogP contribution in [0.2, 0.25) is 0 Å². The van der Waals surface area contributed by atoms with Crippen molar-refractivity contribution in [2.75, 3.05) is 18.0 Å². The number of amidine groups is 2. The van der Waals surface area contributed by atoms with Crippen molar-refractivity contribution in [1.29, 1.82) is 10.8 Å². The van der Waals surface area contributed by atoms with Crippen LogP contribution in [0.1, 0.15) is 42.0 Å². The molecule has 0 unspecified atom stereocenters. The van der Waals surface area contributed by atoms with Crippen LogP contribution >= 0.6 is 0 Å². The van der Waals surface area contributed by atoms with E-state index in [1.807, 2.05) is 96.8 Å². The topological polar surface area (TPSA) is 107 Å². The number of hydrogen-bond acceptors (Lipinski definition) is 4. The van der Waals surface area contributed by atoms with Crippen molar-refractivity contribution < 1.29 is 9.53 Å². The van der Waals surface area contributed by atoms with Gasteiger partial charge in [-0.25, -0.2) is 0 Å². The van der Waals surface area contributed by atoms with Gasteiger partial charge in [-0.2, -0.15) is 0 Å². The van der Waals surface area contributed by atoms with E-state index in [0.717, 1.165) is 64.8 Å². The Hall–Kier alpha value is -4.91. The summed E-state index contributed by atoms with van der Waals surface area (Å²) in [5.41, 5.74) is 10.7. The zero-order valence-corrected chi connectivity index (χ0v) is 23.1.